The number of hydrogen-bond donors (Lipinski definition) is 2. The maximum atomic E-state index is 10.4. The Labute approximate surface area is 88.3 Å². The van der Waals surface area contributed by atoms with Gasteiger partial charge < -0.3 is 10.2 Å². The molecule has 0 aromatic rings. The second kappa shape index (κ2) is 3.82. The van der Waals surface area contributed by atoms with Crippen molar-refractivity contribution in [3.05, 3.63) is 0 Å². The number of hydrogen-bond acceptors (Lipinski definition) is 2. The fraction of sp³-hybridized carbons (Fsp3) is 1.00. The highest BCUT2D eigenvalue weighted by Gasteiger charge is 2.50. The first-order valence-electron chi connectivity index (χ1n) is 5.39. The highest BCUT2D eigenvalue weighted by Crippen LogP contribution is 2.48. The van der Waals surface area contributed by atoms with Crippen LogP contribution in [0.3, 0.4) is 0 Å². The van der Waals surface area contributed by atoms with Crippen molar-refractivity contribution in [2.75, 3.05) is 0 Å². The van der Waals surface area contributed by atoms with Crippen molar-refractivity contribution < 1.29 is 10.2 Å². The summed E-state index contributed by atoms with van der Waals surface area (Å²) in [6.45, 7) is 13.9. The lowest BCUT2D eigenvalue weighted by Gasteiger charge is -2.51. The van der Waals surface area contributed by atoms with Crippen molar-refractivity contribution in [3.63, 3.8) is 0 Å². The van der Waals surface area contributed by atoms with Gasteiger partial charge in [0.1, 0.15) is 0 Å². The van der Waals surface area contributed by atoms with Gasteiger partial charge in [0.2, 0.25) is 0 Å². The minimum Gasteiger partial charge on any atom is -0.390 e. The molecular weight excluding hydrogens is 176 g/mol. The van der Waals surface area contributed by atoms with Crippen molar-refractivity contribution >= 4 is 0 Å². The molecule has 0 radical (unpaired) electrons. The average Bonchev–Trinajstić information content (AvgIpc) is 2.00. The fourth-order valence-electron chi connectivity index (χ4n) is 1.57. The minimum atomic E-state index is -1.06. The van der Waals surface area contributed by atoms with E-state index in [1.54, 1.807) is 6.92 Å². The van der Waals surface area contributed by atoms with Crippen molar-refractivity contribution in [1.29, 1.82) is 0 Å². The van der Waals surface area contributed by atoms with E-state index in [1.807, 2.05) is 20.8 Å². The van der Waals surface area contributed by atoms with Crippen LogP contribution in [0.25, 0.3) is 0 Å². The molecule has 2 atom stereocenters. The van der Waals surface area contributed by atoms with Crippen molar-refractivity contribution in [1.82, 2.24) is 0 Å². The van der Waals surface area contributed by atoms with Crippen LogP contribution >= 0.6 is 0 Å². The third kappa shape index (κ3) is 2.12. The lowest BCUT2D eigenvalue weighted by atomic mass is 9.58. The first-order valence-corrected chi connectivity index (χ1v) is 5.39. The van der Waals surface area contributed by atoms with Crippen molar-refractivity contribution in [3.8, 4) is 0 Å². The summed E-state index contributed by atoms with van der Waals surface area (Å²) in [4.78, 5) is 0. The van der Waals surface area contributed by atoms with E-state index in [0.29, 0.717) is 6.42 Å². The van der Waals surface area contributed by atoms with Gasteiger partial charge in [0.05, 0.1) is 11.7 Å². The van der Waals surface area contributed by atoms with Crippen molar-refractivity contribution in [2.45, 2.75) is 66.6 Å². The van der Waals surface area contributed by atoms with E-state index in [0.717, 1.165) is 0 Å². The molecule has 14 heavy (non-hydrogen) atoms. The molecule has 0 fully saturated rings. The van der Waals surface area contributed by atoms with Gasteiger partial charge in [-0.3, -0.25) is 0 Å². The van der Waals surface area contributed by atoms with Gasteiger partial charge in [-0.1, -0.05) is 41.5 Å². The highest BCUT2D eigenvalue weighted by atomic mass is 16.3. The Hall–Kier alpha value is -0.0800. The molecule has 0 aliphatic rings. The Kier molecular flexibility index (Phi) is 3.80. The van der Waals surface area contributed by atoms with Crippen LogP contribution in [0.5, 0.6) is 0 Å². The zero-order valence-corrected chi connectivity index (χ0v) is 10.7. The zero-order valence-electron chi connectivity index (χ0n) is 10.7. The first-order chi connectivity index (χ1) is 5.98. The van der Waals surface area contributed by atoms with E-state index in [4.69, 9.17) is 0 Å². The average molecular weight is 202 g/mol. The Bertz CT molecular complexity index is 187. The normalized spacial score (nSPS) is 20.4. The quantitative estimate of drug-likeness (QED) is 0.738. The molecule has 0 aliphatic carbocycles. The Balaban J connectivity index is 5.07. The maximum absolute atomic E-state index is 10.4. The molecule has 2 nitrogen and oxygen atoms in total. The van der Waals surface area contributed by atoms with Gasteiger partial charge in [0.15, 0.2) is 0 Å². The lowest BCUT2D eigenvalue weighted by molar-refractivity contribution is -0.171. The van der Waals surface area contributed by atoms with Crippen LogP contribution in [-0.4, -0.2) is 21.9 Å². The van der Waals surface area contributed by atoms with Crippen LogP contribution < -0.4 is 0 Å². The molecule has 0 rings (SSSR count). The smallest absolute Gasteiger partial charge is 0.0932 e. The molecule has 0 heterocycles. The van der Waals surface area contributed by atoms with E-state index >= 15 is 0 Å². The van der Waals surface area contributed by atoms with E-state index in [1.165, 1.54) is 0 Å². The molecular formula is C12H26O2. The van der Waals surface area contributed by atoms with Crippen LogP contribution in [-0.2, 0) is 0 Å². The summed E-state index contributed by atoms with van der Waals surface area (Å²) in [5.74, 6) is 0. The van der Waals surface area contributed by atoms with Crippen molar-refractivity contribution in [2.24, 2.45) is 10.8 Å². The molecule has 86 valence electrons. The standard InChI is InChI=1S/C12H26O2/c1-8-9(13)12(7,14)11(5,6)10(2,3)4/h9,13-14H,8H2,1-7H3. The summed E-state index contributed by atoms with van der Waals surface area (Å²) < 4.78 is 0. The molecule has 0 aromatic carbocycles. The van der Waals surface area contributed by atoms with Gasteiger partial charge in [0.25, 0.3) is 0 Å². The molecule has 2 unspecified atom stereocenters. The molecule has 0 spiro atoms. The third-order valence-electron chi connectivity index (χ3n) is 4.18. The molecule has 2 heteroatoms. The molecule has 0 amide bonds. The minimum absolute atomic E-state index is 0.0490. The van der Waals surface area contributed by atoms with Crippen LogP contribution in [0.2, 0.25) is 0 Å². The van der Waals surface area contributed by atoms with E-state index in [9.17, 15) is 10.2 Å². The van der Waals surface area contributed by atoms with Crippen LogP contribution in [0.1, 0.15) is 54.9 Å². The number of rotatable bonds is 3. The summed E-state index contributed by atoms with van der Waals surface area (Å²) in [6, 6.07) is 0. The predicted molar refractivity (Wildman–Crippen MR) is 60.2 cm³/mol. The first kappa shape index (κ1) is 13.9. The molecule has 0 aromatic heterocycles. The summed E-state index contributed by atoms with van der Waals surface area (Å²) in [5.41, 5.74) is -1.44. The SMILES string of the molecule is CCC(O)C(C)(O)C(C)(C)C(C)(C)C. The van der Waals surface area contributed by atoms with E-state index in [-0.39, 0.29) is 10.8 Å². The summed E-state index contributed by atoms with van der Waals surface area (Å²) in [6.07, 6.45) is -0.0938. The molecule has 0 saturated carbocycles. The van der Waals surface area contributed by atoms with Gasteiger partial charge in [-0.15, -0.1) is 0 Å². The largest absolute Gasteiger partial charge is 0.390 e. The second-order valence-electron chi connectivity index (χ2n) is 5.95. The molecule has 2 N–H and O–H groups in total. The van der Waals surface area contributed by atoms with E-state index < -0.39 is 11.7 Å². The monoisotopic (exact) mass is 202 g/mol. The van der Waals surface area contributed by atoms with Crippen LogP contribution in [0.4, 0.5) is 0 Å². The second-order valence-corrected chi connectivity index (χ2v) is 5.95. The van der Waals surface area contributed by atoms with Crippen LogP contribution in [0.15, 0.2) is 0 Å². The van der Waals surface area contributed by atoms with Gasteiger partial charge in [-0.25, -0.2) is 0 Å². The summed E-state index contributed by atoms with van der Waals surface area (Å²) in [5, 5.41) is 20.2. The Morgan fingerprint density at radius 3 is 1.57 bits per heavy atom. The highest BCUT2D eigenvalue weighted by molar-refractivity contribution is 5.00. The van der Waals surface area contributed by atoms with Gasteiger partial charge in [-0.05, 0) is 18.8 Å². The molecule has 0 bridgehead atoms. The van der Waals surface area contributed by atoms with Gasteiger partial charge >= 0.3 is 0 Å². The number of aliphatic hydroxyl groups excluding tert-OH is 1. The molecule has 0 aliphatic heterocycles. The zero-order chi connectivity index (χ0) is 11.8. The van der Waals surface area contributed by atoms with Gasteiger partial charge in [0, 0.05) is 5.41 Å². The predicted octanol–water partition coefficient (Wildman–Crippen LogP) is 2.58. The van der Waals surface area contributed by atoms with E-state index in [2.05, 4.69) is 20.8 Å². The lowest BCUT2D eigenvalue weighted by Crippen LogP contribution is -2.56. The van der Waals surface area contributed by atoms with Crippen LogP contribution in [0, 0.1) is 10.8 Å². The Morgan fingerprint density at radius 1 is 1.00 bits per heavy atom. The third-order valence-corrected chi connectivity index (χ3v) is 4.18. The van der Waals surface area contributed by atoms with Gasteiger partial charge in [-0.2, -0.15) is 0 Å². The Morgan fingerprint density at radius 2 is 1.36 bits per heavy atom. The topological polar surface area (TPSA) is 40.5 Å². The number of aliphatic hydroxyl groups is 2. The molecule has 0 saturated heterocycles. The maximum Gasteiger partial charge on any atom is 0.0932 e. The summed E-state index contributed by atoms with van der Waals surface area (Å²) in [7, 11) is 0. The summed E-state index contributed by atoms with van der Waals surface area (Å²) >= 11 is 0. The fourth-order valence-corrected chi connectivity index (χ4v) is 1.57.